The highest BCUT2D eigenvalue weighted by Crippen LogP contribution is 2.49. The second-order valence-corrected chi connectivity index (χ2v) is 11.3. The van der Waals surface area contributed by atoms with E-state index in [1.54, 1.807) is 47.4 Å². The molecule has 1 N–H and O–H groups in total. The number of hydrogen-bond acceptors (Lipinski definition) is 6. The second-order valence-electron chi connectivity index (χ2n) is 10.8. The normalized spacial score (nSPS) is 24.0. The summed E-state index contributed by atoms with van der Waals surface area (Å²) in [6.07, 6.45) is 7.56. The van der Waals surface area contributed by atoms with E-state index in [4.69, 9.17) is 16.3 Å². The topological polar surface area (TPSA) is 113 Å². The molecule has 1 aliphatic heterocycles. The van der Waals surface area contributed by atoms with Crippen LogP contribution in [0.25, 0.3) is 0 Å². The van der Waals surface area contributed by atoms with Crippen LogP contribution in [0.4, 0.5) is 5.82 Å². The van der Waals surface area contributed by atoms with Crippen molar-refractivity contribution >= 4 is 29.2 Å². The number of nitrogens with zero attached hydrogens (tertiary/aromatic N) is 5. The maximum absolute atomic E-state index is 13.0. The van der Waals surface area contributed by atoms with Crippen LogP contribution in [-0.4, -0.2) is 46.3 Å². The van der Waals surface area contributed by atoms with Gasteiger partial charge in [0.25, 0.3) is 5.91 Å². The lowest BCUT2D eigenvalue weighted by atomic mass is 9.74. The summed E-state index contributed by atoms with van der Waals surface area (Å²) in [7, 11) is 1.60. The Labute approximate surface area is 231 Å². The Hall–Kier alpha value is -3.90. The van der Waals surface area contributed by atoms with Crippen molar-refractivity contribution in [3.8, 4) is 11.8 Å². The van der Waals surface area contributed by atoms with Gasteiger partial charge in [-0.15, -0.1) is 0 Å². The Bertz CT molecular complexity index is 1520. The summed E-state index contributed by atoms with van der Waals surface area (Å²) in [4.78, 5) is 32.0. The van der Waals surface area contributed by atoms with E-state index in [0.717, 1.165) is 36.0 Å². The molecule has 6 rings (SSSR count). The first kappa shape index (κ1) is 25.4. The average molecular weight is 545 g/mol. The molecule has 3 aromatic rings. The summed E-state index contributed by atoms with van der Waals surface area (Å²) in [5, 5.41) is 17.5. The van der Waals surface area contributed by atoms with E-state index in [1.807, 2.05) is 19.9 Å². The third-order valence-electron chi connectivity index (χ3n) is 8.44. The number of halogens is 1. The lowest BCUT2D eigenvalue weighted by Crippen LogP contribution is -2.43. The summed E-state index contributed by atoms with van der Waals surface area (Å²) < 4.78 is 7.44. The van der Waals surface area contributed by atoms with Crippen LogP contribution in [0.5, 0.6) is 5.75 Å². The van der Waals surface area contributed by atoms with Gasteiger partial charge in [0.2, 0.25) is 5.91 Å². The highest BCUT2D eigenvalue weighted by Gasteiger charge is 2.53. The SMILES string of the molecule is COc1c(N2C[C@H]3C[C@H]3C2=O)ncc([C@@H](C)n2cc(C(=O)NC3CC(c4cc(Cl)ccc4C#N)C3)cn2)c1C. The largest absolute Gasteiger partial charge is 0.493 e. The summed E-state index contributed by atoms with van der Waals surface area (Å²) in [6.45, 7) is 4.64. The van der Waals surface area contributed by atoms with Crippen LogP contribution in [0.2, 0.25) is 5.02 Å². The number of nitriles is 1. The fourth-order valence-electron chi connectivity index (χ4n) is 5.95. The molecule has 2 aromatic heterocycles. The minimum Gasteiger partial charge on any atom is -0.493 e. The first-order valence-corrected chi connectivity index (χ1v) is 13.6. The number of carbonyl (C=O) groups is 2. The molecule has 2 aliphatic carbocycles. The van der Waals surface area contributed by atoms with Crippen molar-refractivity contribution in [1.82, 2.24) is 20.1 Å². The zero-order chi connectivity index (χ0) is 27.4. The van der Waals surface area contributed by atoms with E-state index in [1.165, 1.54) is 0 Å². The Morgan fingerprint density at radius 1 is 1.28 bits per heavy atom. The summed E-state index contributed by atoms with van der Waals surface area (Å²) >= 11 is 6.13. The lowest BCUT2D eigenvalue weighted by Gasteiger charge is -2.36. The van der Waals surface area contributed by atoms with Gasteiger partial charge in [-0.25, -0.2) is 4.98 Å². The Morgan fingerprint density at radius 2 is 2.08 bits per heavy atom. The second kappa shape index (κ2) is 9.69. The van der Waals surface area contributed by atoms with Gasteiger partial charge in [-0.2, -0.15) is 10.4 Å². The number of fused-ring (bicyclic) bond motifs is 1. The van der Waals surface area contributed by atoms with Crippen LogP contribution >= 0.6 is 11.6 Å². The minimum absolute atomic E-state index is 0.0244. The Morgan fingerprint density at radius 3 is 2.77 bits per heavy atom. The third-order valence-corrected chi connectivity index (χ3v) is 8.68. The molecule has 200 valence electrons. The number of ether oxygens (including phenoxy) is 1. The van der Waals surface area contributed by atoms with Crippen molar-refractivity contribution in [2.45, 2.75) is 51.1 Å². The van der Waals surface area contributed by atoms with Gasteiger partial charge in [0, 0.05) is 47.0 Å². The van der Waals surface area contributed by atoms with E-state index in [2.05, 4.69) is 21.5 Å². The van der Waals surface area contributed by atoms with Crippen molar-refractivity contribution in [2.24, 2.45) is 11.8 Å². The summed E-state index contributed by atoms with van der Waals surface area (Å²) in [5.74, 6) is 1.89. The number of anilines is 1. The van der Waals surface area contributed by atoms with Gasteiger partial charge in [-0.05, 0) is 68.7 Å². The number of carbonyl (C=O) groups excluding carboxylic acids is 2. The van der Waals surface area contributed by atoms with Gasteiger partial charge < -0.3 is 10.1 Å². The molecular weight excluding hydrogens is 516 g/mol. The van der Waals surface area contributed by atoms with Crippen LogP contribution in [-0.2, 0) is 4.79 Å². The summed E-state index contributed by atoms with van der Waals surface area (Å²) in [5.41, 5.74) is 3.83. The number of nitrogens with one attached hydrogen (secondary N) is 1. The molecule has 0 spiro atoms. The molecule has 0 bridgehead atoms. The predicted octanol–water partition coefficient (Wildman–Crippen LogP) is 4.39. The molecule has 10 heteroatoms. The molecule has 3 fully saturated rings. The van der Waals surface area contributed by atoms with E-state index in [9.17, 15) is 14.9 Å². The van der Waals surface area contributed by atoms with Crippen LogP contribution in [0.15, 0.2) is 36.8 Å². The van der Waals surface area contributed by atoms with Crippen molar-refractivity contribution in [1.29, 1.82) is 5.26 Å². The van der Waals surface area contributed by atoms with Crippen molar-refractivity contribution in [3.63, 3.8) is 0 Å². The van der Waals surface area contributed by atoms with E-state index >= 15 is 0 Å². The number of methoxy groups -OCH3 is 1. The molecule has 1 saturated heterocycles. The van der Waals surface area contributed by atoms with E-state index in [-0.39, 0.29) is 35.7 Å². The van der Waals surface area contributed by atoms with Crippen molar-refractivity contribution in [3.05, 3.63) is 69.6 Å². The van der Waals surface area contributed by atoms with E-state index in [0.29, 0.717) is 40.2 Å². The van der Waals surface area contributed by atoms with E-state index < -0.39 is 0 Å². The molecule has 1 aromatic carbocycles. The molecule has 3 aliphatic rings. The number of pyridine rings is 1. The third kappa shape index (κ3) is 4.43. The maximum Gasteiger partial charge on any atom is 0.254 e. The average Bonchev–Trinajstić information content (AvgIpc) is 3.36. The van der Waals surface area contributed by atoms with Gasteiger partial charge in [0.15, 0.2) is 11.6 Å². The van der Waals surface area contributed by atoms with Gasteiger partial charge in [0.05, 0.1) is 36.5 Å². The first-order valence-electron chi connectivity index (χ1n) is 13.2. The van der Waals surface area contributed by atoms with Crippen molar-refractivity contribution in [2.75, 3.05) is 18.6 Å². The van der Waals surface area contributed by atoms with Gasteiger partial charge in [-0.3, -0.25) is 19.2 Å². The molecule has 0 radical (unpaired) electrons. The monoisotopic (exact) mass is 544 g/mol. The highest BCUT2D eigenvalue weighted by atomic mass is 35.5. The van der Waals surface area contributed by atoms with Crippen molar-refractivity contribution < 1.29 is 14.3 Å². The van der Waals surface area contributed by atoms with Crippen LogP contribution < -0.4 is 15.0 Å². The fourth-order valence-corrected chi connectivity index (χ4v) is 6.13. The zero-order valence-electron chi connectivity index (χ0n) is 22.0. The molecule has 2 saturated carbocycles. The number of rotatable bonds is 7. The number of piperidine rings is 1. The molecular formula is C29H29ClN6O3. The lowest BCUT2D eigenvalue weighted by molar-refractivity contribution is -0.118. The molecule has 3 atom stereocenters. The smallest absolute Gasteiger partial charge is 0.254 e. The standard InChI is InChI=1S/C29H29ClN6O3/c1-15-25(12-32-27(26(15)39-3)35-13-19-8-24(19)29(35)38)16(2)36-14-20(11-33-36)28(37)34-22-6-18(7-22)23-9-21(30)5-4-17(23)10-31/h4-5,9,11-12,14,16,18-19,22,24H,6-8,13H2,1-3H3,(H,34,37)/t16-,18?,19-,22?,24-/m1/s1. The van der Waals surface area contributed by atoms with Gasteiger partial charge in [0.1, 0.15) is 0 Å². The van der Waals surface area contributed by atoms with Crippen LogP contribution in [0.3, 0.4) is 0 Å². The molecule has 3 heterocycles. The number of benzene rings is 1. The van der Waals surface area contributed by atoms with Gasteiger partial charge in [-0.1, -0.05) is 11.6 Å². The molecule has 0 unspecified atom stereocenters. The number of amides is 2. The van der Waals surface area contributed by atoms with Gasteiger partial charge >= 0.3 is 0 Å². The highest BCUT2D eigenvalue weighted by molar-refractivity contribution is 6.30. The molecule has 9 nitrogen and oxygen atoms in total. The molecule has 2 amide bonds. The quantitative estimate of drug-likeness (QED) is 0.472. The Kier molecular flexibility index (Phi) is 6.31. The maximum atomic E-state index is 13.0. The Balaban J connectivity index is 1.12. The fraction of sp³-hybridized carbons (Fsp3) is 0.414. The summed E-state index contributed by atoms with van der Waals surface area (Å²) in [6, 6.07) is 7.36. The van der Waals surface area contributed by atoms with Crippen LogP contribution in [0, 0.1) is 30.1 Å². The zero-order valence-corrected chi connectivity index (χ0v) is 22.8. The van der Waals surface area contributed by atoms with Crippen LogP contribution in [0.1, 0.15) is 70.8 Å². The number of aromatic nitrogens is 3. The minimum atomic E-state index is -0.204. The first-order chi connectivity index (χ1) is 18.8. The predicted molar refractivity (Wildman–Crippen MR) is 145 cm³/mol. The number of hydrogen-bond donors (Lipinski definition) is 1. The molecule has 39 heavy (non-hydrogen) atoms.